The summed E-state index contributed by atoms with van der Waals surface area (Å²) < 4.78 is 15.9. The predicted octanol–water partition coefficient (Wildman–Crippen LogP) is 3.98. The van der Waals surface area contributed by atoms with E-state index in [1.165, 1.54) is 0 Å². The summed E-state index contributed by atoms with van der Waals surface area (Å²) in [6.07, 6.45) is 1.62. The van der Waals surface area contributed by atoms with Gasteiger partial charge < -0.3 is 24.4 Å². The van der Waals surface area contributed by atoms with Crippen LogP contribution in [0, 0.1) is 0 Å². The van der Waals surface area contributed by atoms with E-state index in [-0.39, 0.29) is 24.3 Å². The molecule has 180 valence electrons. The van der Waals surface area contributed by atoms with Crippen molar-refractivity contribution < 1.29 is 23.8 Å². The quantitative estimate of drug-likeness (QED) is 0.523. The van der Waals surface area contributed by atoms with Gasteiger partial charge in [-0.2, -0.15) is 0 Å². The number of rotatable bonds is 12. The topological polar surface area (TPSA) is 77.1 Å². The predicted molar refractivity (Wildman–Crippen MR) is 129 cm³/mol. The van der Waals surface area contributed by atoms with Crippen molar-refractivity contribution in [2.24, 2.45) is 0 Å². The number of carbonyl (C=O) groups excluding carboxylic acids is 2. The second kappa shape index (κ2) is 12.7. The number of benzene rings is 2. The third kappa shape index (κ3) is 7.41. The molecule has 0 saturated heterocycles. The van der Waals surface area contributed by atoms with Gasteiger partial charge in [0.25, 0.3) is 0 Å². The van der Waals surface area contributed by atoms with Crippen molar-refractivity contribution in [2.75, 3.05) is 21.3 Å². The zero-order valence-electron chi connectivity index (χ0n) is 20.5. The van der Waals surface area contributed by atoms with Crippen molar-refractivity contribution in [3.8, 4) is 17.2 Å². The van der Waals surface area contributed by atoms with Gasteiger partial charge in [0, 0.05) is 19.0 Å². The average Bonchev–Trinajstić information content (AvgIpc) is 2.85. The number of aryl methyl sites for hydroxylation is 1. The Morgan fingerprint density at radius 2 is 1.55 bits per heavy atom. The van der Waals surface area contributed by atoms with E-state index in [0.717, 1.165) is 23.3 Å². The van der Waals surface area contributed by atoms with E-state index in [1.807, 2.05) is 56.3 Å². The number of hydrogen-bond acceptors (Lipinski definition) is 5. The molecule has 7 nitrogen and oxygen atoms in total. The Morgan fingerprint density at radius 1 is 0.909 bits per heavy atom. The van der Waals surface area contributed by atoms with Crippen LogP contribution in [0.3, 0.4) is 0 Å². The summed E-state index contributed by atoms with van der Waals surface area (Å²) in [4.78, 5) is 27.7. The van der Waals surface area contributed by atoms with Crippen LogP contribution in [0.15, 0.2) is 42.5 Å². The highest BCUT2D eigenvalue weighted by atomic mass is 16.5. The Hall–Kier alpha value is -3.22. The molecule has 0 unspecified atom stereocenters. The Bertz CT molecular complexity index is 913. The smallest absolute Gasteiger partial charge is 0.242 e. The van der Waals surface area contributed by atoms with Crippen molar-refractivity contribution in [3.63, 3.8) is 0 Å². The first-order chi connectivity index (χ1) is 15.8. The summed E-state index contributed by atoms with van der Waals surface area (Å²) in [5, 5.41) is 2.99. The number of amides is 2. The fourth-order valence-electron chi connectivity index (χ4n) is 3.41. The van der Waals surface area contributed by atoms with Crippen LogP contribution in [-0.2, 0) is 22.6 Å². The number of methoxy groups -OCH3 is 3. The van der Waals surface area contributed by atoms with E-state index in [0.29, 0.717) is 24.5 Å². The number of ether oxygens (including phenoxy) is 3. The van der Waals surface area contributed by atoms with Crippen LogP contribution in [-0.4, -0.2) is 50.1 Å². The highest BCUT2D eigenvalue weighted by Crippen LogP contribution is 2.28. The van der Waals surface area contributed by atoms with Gasteiger partial charge in [-0.05, 0) is 62.1 Å². The van der Waals surface area contributed by atoms with Crippen LogP contribution < -0.4 is 19.5 Å². The fraction of sp³-hybridized carbons (Fsp3) is 0.462. The third-order valence-electron chi connectivity index (χ3n) is 5.76. The monoisotopic (exact) mass is 456 g/mol. The zero-order chi connectivity index (χ0) is 24.4. The molecule has 7 heteroatoms. The van der Waals surface area contributed by atoms with Gasteiger partial charge >= 0.3 is 0 Å². The molecular formula is C26H36N2O5. The largest absolute Gasteiger partial charge is 0.497 e. The van der Waals surface area contributed by atoms with Crippen molar-refractivity contribution >= 4 is 11.8 Å². The molecule has 2 aromatic carbocycles. The van der Waals surface area contributed by atoms with E-state index >= 15 is 0 Å². The maximum Gasteiger partial charge on any atom is 0.242 e. The first-order valence-electron chi connectivity index (χ1n) is 11.3. The van der Waals surface area contributed by atoms with Gasteiger partial charge in [-0.15, -0.1) is 0 Å². The number of nitrogens with one attached hydrogen (secondary N) is 1. The van der Waals surface area contributed by atoms with Gasteiger partial charge in [0.1, 0.15) is 11.8 Å². The van der Waals surface area contributed by atoms with Crippen molar-refractivity contribution in [3.05, 3.63) is 53.6 Å². The molecule has 2 aromatic rings. The van der Waals surface area contributed by atoms with E-state index in [4.69, 9.17) is 14.2 Å². The molecule has 0 aromatic heterocycles. The summed E-state index contributed by atoms with van der Waals surface area (Å²) in [7, 11) is 4.78. The van der Waals surface area contributed by atoms with E-state index in [2.05, 4.69) is 5.32 Å². The molecule has 0 heterocycles. The van der Waals surface area contributed by atoms with E-state index in [9.17, 15) is 9.59 Å². The lowest BCUT2D eigenvalue weighted by atomic mass is 10.1. The summed E-state index contributed by atoms with van der Waals surface area (Å²) >= 11 is 0. The van der Waals surface area contributed by atoms with Crippen LogP contribution in [0.2, 0.25) is 0 Å². The minimum absolute atomic E-state index is 0.0460. The molecule has 0 aliphatic heterocycles. The zero-order valence-corrected chi connectivity index (χ0v) is 20.5. The van der Waals surface area contributed by atoms with Crippen LogP contribution >= 0.6 is 0 Å². The highest BCUT2D eigenvalue weighted by Gasteiger charge is 2.26. The van der Waals surface area contributed by atoms with Gasteiger partial charge in [0.2, 0.25) is 11.8 Å². The molecule has 2 rings (SSSR count). The van der Waals surface area contributed by atoms with Crippen molar-refractivity contribution in [1.82, 2.24) is 10.2 Å². The maximum absolute atomic E-state index is 13.3. The van der Waals surface area contributed by atoms with Gasteiger partial charge in [0.15, 0.2) is 11.5 Å². The fourth-order valence-corrected chi connectivity index (χ4v) is 3.41. The summed E-state index contributed by atoms with van der Waals surface area (Å²) in [6, 6.07) is 12.6. The number of hydrogen-bond donors (Lipinski definition) is 1. The first-order valence-corrected chi connectivity index (χ1v) is 11.3. The van der Waals surface area contributed by atoms with Crippen LogP contribution in [0.4, 0.5) is 0 Å². The summed E-state index contributed by atoms with van der Waals surface area (Å²) in [5.74, 6) is 1.76. The Labute approximate surface area is 197 Å². The second-order valence-electron chi connectivity index (χ2n) is 8.05. The van der Waals surface area contributed by atoms with Crippen LogP contribution in [0.25, 0.3) is 0 Å². The minimum Gasteiger partial charge on any atom is -0.497 e. The summed E-state index contributed by atoms with van der Waals surface area (Å²) in [5.41, 5.74) is 1.89. The molecule has 0 bridgehead atoms. The van der Waals surface area contributed by atoms with Crippen LogP contribution in [0.1, 0.15) is 44.7 Å². The lowest BCUT2D eigenvalue weighted by Crippen LogP contribution is -2.49. The van der Waals surface area contributed by atoms with Gasteiger partial charge in [0.05, 0.1) is 21.3 Å². The molecule has 0 saturated carbocycles. The Morgan fingerprint density at radius 3 is 2.12 bits per heavy atom. The lowest BCUT2D eigenvalue weighted by Gasteiger charge is -2.30. The molecule has 2 atom stereocenters. The molecule has 0 radical (unpaired) electrons. The molecule has 0 aliphatic carbocycles. The Kier molecular flexibility index (Phi) is 10.0. The SMILES string of the molecule is CC[C@@H](C)NC(=O)[C@@H](C)N(Cc1ccc(OC)cc1)C(=O)CCc1ccc(OC)c(OC)c1. The molecule has 0 aliphatic rings. The molecular weight excluding hydrogens is 420 g/mol. The minimum atomic E-state index is -0.598. The second-order valence-corrected chi connectivity index (χ2v) is 8.05. The van der Waals surface area contributed by atoms with Gasteiger partial charge in [-0.1, -0.05) is 25.1 Å². The number of carbonyl (C=O) groups is 2. The van der Waals surface area contributed by atoms with Crippen molar-refractivity contribution in [2.45, 2.75) is 58.7 Å². The van der Waals surface area contributed by atoms with Crippen LogP contribution in [0.5, 0.6) is 17.2 Å². The normalized spacial score (nSPS) is 12.4. The van der Waals surface area contributed by atoms with E-state index < -0.39 is 6.04 Å². The molecule has 2 amide bonds. The standard InChI is InChI=1S/C26H36N2O5/c1-7-18(2)27-26(30)19(3)28(17-21-8-12-22(31-4)13-9-21)25(29)15-11-20-10-14-23(32-5)24(16-20)33-6/h8-10,12-14,16,18-19H,7,11,15,17H2,1-6H3,(H,27,30)/t18-,19-/m1/s1. The lowest BCUT2D eigenvalue weighted by molar-refractivity contribution is -0.140. The molecule has 0 fully saturated rings. The highest BCUT2D eigenvalue weighted by molar-refractivity contribution is 5.87. The molecule has 1 N–H and O–H groups in total. The van der Waals surface area contributed by atoms with Crippen molar-refractivity contribution in [1.29, 1.82) is 0 Å². The average molecular weight is 457 g/mol. The van der Waals surface area contributed by atoms with Gasteiger partial charge in [-0.3, -0.25) is 9.59 Å². The third-order valence-corrected chi connectivity index (χ3v) is 5.76. The summed E-state index contributed by atoms with van der Waals surface area (Å²) in [6.45, 7) is 6.08. The first kappa shape index (κ1) is 26.0. The van der Waals surface area contributed by atoms with Gasteiger partial charge in [-0.25, -0.2) is 0 Å². The Balaban J connectivity index is 2.18. The molecule has 33 heavy (non-hydrogen) atoms. The maximum atomic E-state index is 13.3. The van der Waals surface area contributed by atoms with E-state index in [1.54, 1.807) is 33.2 Å². The molecule has 0 spiro atoms. The number of nitrogens with zero attached hydrogens (tertiary/aromatic N) is 1.